The third-order valence-electron chi connectivity index (χ3n) is 3.36. The van der Waals surface area contributed by atoms with Gasteiger partial charge in [-0.1, -0.05) is 61.1 Å². The molecular weight excluding hydrogens is 228 g/mol. The Morgan fingerprint density at radius 3 is 2.47 bits per heavy atom. The van der Waals surface area contributed by atoms with Crippen molar-refractivity contribution in [1.82, 2.24) is 0 Å². The Morgan fingerprint density at radius 2 is 1.79 bits per heavy atom. The van der Waals surface area contributed by atoms with E-state index in [1.54, 1.807) is 0 Å². The molecule has 0 heteroatoms. The Kier molecular flexibility index (Phi) is 7.97. The summed E-state index contributed by atoms with van der Waals surface area (Å²) < 4.78 is 0. The second-order valence-electron chi connectivity index (χ2n) is 5.70. The predicted octanol–water partition coefficient (Wildman–Crippen LogP) is 5.95. The minimum atomic E-state index is 0.795. The topological polar surface area (TPSA) is 0 Å². The van der Waals surface area contributed by atoms with E-state index in [9.17, 15) is 0 Å². The number of hydrogen-bond donors (Lipinski definition) is 0. The Labute approximate surface area is 119 Å². The van der Waals surface area contributed by atoms with Gasteiger partial charge in [0, 0.05) is 0 Å². The Balaban J connectivity index is 2.11. The fourth-order valence-electron chi connectivity index (χ4n) is 2.12. The maximum Gasteiger partial charge on any atom is -0.0244 e. The maximum atomic E-state index is 2.36. The molecule has 0 aliphatic heterocycles. The van der Waals surface area contributed by atoms with Crippen LogP contribution in [-0.4, -0.2) is 0 Å². The highest BCUT2D eigenvalue weighted by atomic mass is 14.0. The first-order valence-electron chi connectivity index (χ1n) is 7.50. The van der Waals surface area contributed by atoms with Crippen molar-refractivity contribution >= 4 is 0 Å². The summed E-state index contributed by atoms with van der Waals surface area (Å²) in [7, 11) is 0. The zero-order valence-corrected chi connectivity index (χ0v) is 12.7. The molecule has 1 unspecified atom stereocenters. The largest absolute Gasteiger partial charge is 0.0883 e. The van der Waals surface area contributed by atoms with Crippen molar-refractivity contribution in [3.8, 4) is 0 Å². The van der Waals surface area contributed by atoms with Gasteiger partial charge in [0.15, 0.2) is 0 Å². The van der Waals surface area contributed by atoms with E-state index >= 15 is 0 Å². The predicted molar refractivity (Wildman–Crippen MR) is 86.3 cm³/mol. The van der Waals surface area contributed by atoms with Crippen molar-refractivity contribution in [3.05, 3.63) is 59.7 Å². The summed E-state index contributed by atoms with van der Waals surface area (Å²) in [4.78, 5) is 0. The second-order valence-corrected chi connectivity index (χ2v) is 5.70. The van der Waals surface area contributed by atoms with E-state index < -0.39 is 0 Å². The quantitative estimate of drug-likeness (QED) is 0.504. The molecule has 19 heavy (non-hydrogen) atoms. The standard InChI is InChI=1S/C19H28/c1-17(2)11-10-13-18(3)12-6-4-7-14-19-15-8-5-9-16-19/h4-6,8-9,11,15-16,18H,7,10,12-14H2,1-3H3/b6-4+. The van der Waals surface area contributed by atoms with E-state index in [0.29, 0.717) is 0 Å². The molecule has 0 bridgehead atoms. The molecule has 0 N–H and O–H groups in total. The van der Waals surface area contributed by atoms with Crippen LogP contribution < -0.4 is 0 Å². The number of aryl methyl sites for hydroxylation is 1. The van der Waals surface area contributed by atoms with Crippen LogP contribution >= 0.6 is 0 Å². The third-order valence-corrected chi connectivity index (χ3v) is 3.36. The fraction of sp³-hybridized carbons (Fsp3) is 0.474. The normalized spacial score (nSPS) is 12.6. The van der Waals surface area contributed by atoms with Gasteiger partial charge in [-0.2, -0.15) is 0 Å². The average Bonchev–Trinajstić information content (AvgIpc) is 2.39. The first kappa shape index (κ1) is 15.8. The highest BCUT2D eigenvalue weighted by Crippen LogP contribution is 2.13. The molecule has 1 aromatic rings. The van der Waals surface area contributed by atoms with E-state index in [0.717, 1.165) is 18.8 Å². The van der Waals surface area contributed by atoms with E-state index in [2.05, 4.69) is 69.3 Å². The molecule has 0 aliphatic carbocycles. The van der Waals surface area contributed by atoms with Crippen LogP contribution in [0, 0.1) is 5.92 Å². The summed E-state index contributed by atoms with van der Waals surface area (Å²) in [5.41, 5.74) is 2.87. The Bertz CT molecular complexity index is 380. The molecule has 0 amide bonds. The molecule has 1 rings (SSSR count). The number of benzene rings is 1. The van der Waals surface area contributed by atoms with Crippen LogP contribution in [-0.2, 0) is 6.42 Å². The summed E-state index contributed by atoms with van der Waals surface area (Å²) in [5.74, 6) is 0.795. The lowest BCUT2D eigenvalue weighted by molar-refractivity contribution is 0.545. The van der Waals surface area contributed by atoms with Gasteiger partial charge in [0.25, 0.3) is 0 Å². The summed E-state index contributed by atoms with van der Waals surface area (Å²) in [6, 6.07) is 10.7. The van der Waals surface area contributed by atoms with Crippen molar-refractivity contribution < 1.29 is 0 Å². The second kappa shape index (κ2) is 9.61. The number of rotatable bonds is 8. The first-order chi connectivity index (χ1) is 9.18. The molecular formula is C19H28. The molecule has 0 nitrogen and oxygen atoms in total. The van der Waals surface area contributed by atoms with Crippen LogP contribution in [0.4, 0.5) is 0 Å². The van der Waals surface area contributed by atoms with Crippen LogP contribution in [0.2, 0.25) is 0 Å². The number of hydrogen-bond acceptors (Lipinski definition) is 0. The van der Waals surface area contributed by atoms with Crippen molar-refractivity contribution in [2.45, 2.75) is 52.9 Å². The first-order valence-corrected chi connectivity index (χ1v) is 7.50. The van der Waals surface area contributed by atoms with E-state index in [1.807, 2.05) is 0 Å². The lowest BCUT2D eigenvalue weighted by Gasteiger charge is -2.06. The van der Waals surface area contributed by atoms with E-state index in [1.165, 1.54) is 30.4 Å². The summed E-state index contributed by atoms with van der Waals surface area (Å²) in [5, 5.41) is 0. The summed E-state index contributed by atoms with van der Waals surface area (Å²) in [6.45, 7) is 6.70. The minimum Gasteiger partial charge on any atom is -0.0883 e. The zero-order valence-electron chi connectivity index (χ0n) is 12.7. The molecule has 0 fully saturated rings. The van der Waals surface area contributed by atoms with Gasteiger partial charge in [-0.25, -0.2) is 0 Å². The molecule has 104 valence electrons. The molecule has 0 saturated carbocycles. The van der Waals surface area contributed by atoms with Crippen molar-refractivity contribution in [1.29, 1.82) is 0 Å². The van der Waals surface area contributed by atoms with Crippen molar-refractivity contribution in [2.24, 2.45) is 5.92 Å². The highest BCUT2D eigenvalue weighted by molar-refractivity contribution is 5.15. The molecule has 0 heterocycles. The fourth-order valence-corrected chi connectivity index (χ4v) is 2.12. The molecule has 1 aromatic carbocycles. The monoisotopic (exact) mass is 256 g/mol. The Morgan fingerprint density at radius 1 is 1.05 bits per heavy atom. The van der Waals surface area contributed by atoms with Gasteiger partial charge in [-0.3, -0.25) is 0 Å². The maximum absolute atomic E-state index is 2.36. The van der Waals surface area contributed by atoms with Crippen LogP contribution in [0.15, 0.2) is 54.1 Å². The highest BCUT2D eigenvalue weighted by Gasteiger charge is 1.97. The molecule has 0 aromatic heterocycles. The van der Waals surface area contributed by atoms with Crippen LogP contribution in [0.5, 0.6) is 0 Å². The smallest absolute Gasteiger partial charge is 0.0244 e. The van der Waals surface area contributed by atoms with Gasteiger partial charge in [-0.15, -0.1) is 0 Å². The summed E-state index contributed by atoms with van der Waals surface area (Å²) >= 11 is 0. The zero-order chi connectivity index (χ0) is 13.9. The van der Waals surface area contributed by atoms with Crippen LogP contribution in [0.25, 0.3) is 0 Å². The van der Waals surface area contributed by atoms with Gasteiger partial charge in [-0.05, 0) is 57.4 Å². The molecule has 0 saturated heterocycles. The average molecular weight is 256 g/mol. The molecule has 0 aliphatic rings. The number of allylic oxidation sites excluding steroid dienone is 4. The van der Waals surface area contributed by atoms with Gasteiger partial charge in [0.05, 0.1) is 0 Å². The third kappa shape index (κ3) is 8.42. The lowest BCUT2D eigenvalue weighted by Crippen LogP contribution is -1.91. The van der Waals surface area contributed by atoms with Crippen LogP contribution in [0.1, 0.15) is 52.0 Å². The van der Waals surface area contributed by atoms with Gasteiger partial charge >= 0.3 is 0 Å². The van der Waals surface area contributed by atoms with Gasteiger partial charge in [0.1, 0.15) is 0 Å². The van der Waals surface area contributed by atoms with E-state index in [4.69, 9.17) is 0 Å². The van der Waals surface area contributed by atoms with Crippen molar-refractivity contribution in [2.75, 3.05) is 0 Å². The Hall–Kier alpha value is -1.30. The van der Waals surface area contributed by atoms with Gasteiger partial charge < -0.3 is 0 Å². The SMILES string of the molecule is CC(C)=CCCC(C)C/C=C/CCc1ccccc1. The molecule has 0 spiro atoms. The lowest BCUT2D eigenvalue weighted by atomic mass is 10.0. The molecule has 0 radical (unpaired) electrons. The summed E-state index contributed by atoms with van der Waals surface area (Å²) in [6.07, 6.45) is 13.1. The van der Waals surface area contributed by atoms with Crippen molar-refractivity contribution in [3.63, 3.8) is 0 Å². The minimum absolute atomic E-state index is 0.795. The molecule has 1 atom stereocenters. The van der Waals surface area contributed by atoms with E-state index in [-0.39, 0.29) is 0 Å². The van der Waals surface area contributed by atoms with Gasteiger partial charge in [0.2, 0.25) is 0 Å². The van der Waals surface area contributed by atoms with Crippen LogP contribution in [0.3, 0.4) is 0 Å².